The SMILES string of the molecule is COC(=O)c1ccc(NC(=O)CCC2CCCCC2)nc1. The Balaban J connectivity index is 1.77. The number of aromatic nitrogens is 1. The molecule has 0 aliphatic heterocycles. The number of pyridine rings is 1. The third-order valence-corrected chi connectivity index (χ3v) is 3.96. The molecule has 2 rings (SSSR count). The number of methoxy groups -OCH3 is 1. The molecular weight excluding hydrogens is 268 g/mol. The van der Waals surface area contributed by atoms with E-state index in [0.29, 0.717) is 23.7 Å². The molecule has 0 atom stereocenters. The highest BCUT2D eigenvalue weighted by molar-refractivity contribution is 5.91. The van der Waals surface area contributed by atoms with Crippen molar-refractivity contribution >= 4 is 17.7 Å². The smallest absolute Gasteiger partial charge is 0.339 e. The number of hydrogen-bond donors (Lipinski definition) is 1. The lowest BCUT2D eigenvalue weighted by atomic mass is 9.86. The van der Waals surface area contributed by atoms with Crippen LogP contribution in [-0.2, 0) is 9.53 Å². The molecule has 0 radical (unpaired) electrons. The first-order valence-electron chi connectivity index (χ1n) is 7.53. The van der Waals surface area contributed by atoms with Crippen molar-refractivity contribution in [1.82, 2.24) is 4.98 Å². The van der Waals surface area contributed by atoms with Crippen LogP contribution in [0, 0.1) is 5.92 Å². The average Bonchev–Trinajstić information content (AvgIpc) is 2.54. The van der Waals surface area contributed by atoms with E-state index in [9.17, 15) is 9.59 Å². The molecule has 114 valence electrons. The summed E-state index contributed by atoms with van der Waals surface area (Å²) in [5.41, 5.74) is 0.373. The van der Waals surface area contributed by atoms with Crippen LogP contribution >= 0.6 is 0 Å². The molecule has 5 nitrogen and oxygen atoms in total. The fraction of sp³-hybridized carbons (Fsp3) is 0.562. The fourth-order valence-electron chi connectivity index (χ4n) is 2.72. The normalized spacial score (nSPS) is 15.5. The van der Waals surface area contributed by atoms with E-state index in [1.165, 1.54) is 45.4 Å². The minimum absolute atomic E-state index is 0.0149. The van der Waals surface area contributed by atoms with Crippen LogP contribution in [0.1, 0.15) is 55.3 Å². The quantitative estimate of drug-likeness (QED) is 0.846. The molecule has 5 heteroatoms. The standard InChI is InChI=1S/C16H22N2O3/c1-21-16(20)13-8-9-14(17-11-13)18-15(19)10-7-12-5-3-2-4-6-12/h8-9,11-12H,2-7,10H2,1H3,(H,17,18,19). The molecule has 21 heavy (non-hydrogen) atoms. The number of nitrogens with zero attached hydrogens (tertiary/aromatic N) is 1. The lowest BCUT2D eigenvalue weighted by Gasteiger charge is -2.20. The zero-order valence-electron chi connectivity index (χ0n) is 12.4. The molecule has 1 aromatic rings. The average molecular weight is 290 g/mol. The van der Waals surface area contributed by atoms with Crippen molar-refractivity contribution in [2.75, 3.05) is 12.4 Å². The molecule has 1 saturated carbocycles. The zero-order valence-corrected chi connectivity index (χ0v) is 12.4. The van der Waals surface area contributed by atoms with Gasteiger partial charge < -0.3 is 10.1 Å². The Bertz CT molecular complexity index is 479. The van der Waals surface area contributed by atoms with Crippen molar-refractivity contribution < 1.29 is 14.3 Å². The molecule has 1 N–H and O–H groups in total. The number of esters is 1. The molecule has 1 aliphatic carbocycles. The summed E-state index contributed by atoms with van der Waals surface area (Å²) in [5.74, 6) is 0.715. The van der Waals surface area contributed by atoms with Crippen LogP contribution in [0.4, 0.5) is 5.82 Å². The van der Waals surface area contributed by atoms with Crippen molar-refractivity contribution in [3.8, 4) is 0 Å². The highest BCUT2D eigenvalue weighted by atomic mass is 16.5. The van der Waals surface area contributed by atoms with Crippen LogP contribution in [0.25, 0.3) is 0 Å². The zero-order chi connectivity index (χ0) is 15.1. The summed E-state index contributed by atoms with van der Waals surface area (Å²) in [6, 6.07) is 3.21. The minimum atomic E-state index is -0.433. The van der Waals surface area contributed by atoms with E-state index in [-0.39, 0.29) is 5.91 Å². The third kappa shape index (κ3) is 4.85. The van der Waals surface area contributed by atoms with Gasteiger partial charge in [-0.15, -0.1) is 0 Å². The maximum absolute atomic E-state index is 11.9. The first-order valence-corrected chi connectivity index (χ1v) is 7.53. The summed E-state index contributed by atoms with van der Waals surface area (Å²) in [5, 5.41) is 2.76. The van der Waals surface area contributed by atoms with Gasteiger partial charge in [0.1, 0.15) is 5.82 Å². The van der Waals surface area contributed by atoms with Crippen LogP contribution in [-0.4, -0.2) is 24.0 Å². The second kappa shape index (κ2) is 7.76. The number of anilines is 1. The van der Waals surface area contributed by atoms with Gasteiger partial charge in [0.2, 0.25) is 5.91 Å². The van der Waals surface area contributed by atoms with Crippen LogP contribution in [0.5, 0.6) is 0 Å². The summed E-state index contributed by atoms with van der Waals surface area (Å²) in [6.07, 6.45) is 9.31. The Morgan fingerprint density at radius 1 is 1.29 bits per heavy atom. The minimum Gasteiger partial charge on any atom is -0.465 e. The van der Waals surface area contributed by atoms with Crippen molar-refractivity contribution in [1.29, 1.82) is 0 Å². The Labute approximate surface area is 125 Å². The van der Waals surface area contributed by atoms with E-state index in [0.717, 1.165) is 6.42 Å². The van der Waals surface area contributed by atoms with E-state index in [1.807, 2.05) is 0 Å². The second-order valence-corrected chi connectivity index (χ2v) is 5.51. The van der Waals surface area contributed by atoms with Gasteiger partial charge in [-0.25, -0.2) is 9.78 Å². The molecule has 0 bridgehead atoms. The largest absolute Gasteiger partial charge is 0.465 e. The molecule has 1 aromatic heterocycles. The number of carbonyl (C=O) groups excluding carboxylic acids is 2. The van der Waals surface area contributed by atoms with Gasteiger partial charge in [0.05, 0.1) is 12.7 Å². The monoisotopic (exact) mass is 290 g/mol. The van der Waals surface area contributed by atoms with E-state index in [1.54, 1.807) is 12.1 Å². The number of nitrogens with one attached hydrogen (secondary N) is 1. The van der Waals surface area contributed by atoms with E-state index in [2.05, 4.69) is 15.0 Å². The maximum atomic E-state index is 11.9. The molecular formula is C16H22N2O3. The Morgan fingerprint density at radius 2 is 2.05 bits per heavy atom. The van der Waals surface area contributed by atoms with Gasteiger partial charge in [0.25, 0.3) is 0 Å². The van der Waals surface area contributed by atoms with Gasteiger partial charge in [-0.05, 0) is 24.5 Å². The van der Waals surface area contributed by atoms with Gasteiger partial charge in [-0.1, -0.05) is 32.1 Å². The summed E-state index contributed by atoms with van der Waals surface area (Å²) >= 11 is 0. The second-order valence-electron chi connectivity index (χ2n) is 5.51. The molecule has 0 aromatic carbocycles. The van der Waals surface area contributed by atoms with Gasteiger partial charge in [0, 0.05) is 12.6 Å². The predicted octanol–water partition coefficient (Wildman–Crippen LogP) is 3.17. The van der Waals surface area contributed by atoms with Crippen molar-refractivity contribution in [3.05, 3.63) is 23.9 Å². The number of carbonyl (C=O) groups is 2. The predicted molar refractivity (Wildman–Crippen MR) is 80.0 cm³/mol. The molecule has 0 unspecified atom stereocenters. The summed E-state index contributed by atoms with van der Waals surface area (Å²) in [4.78, 5) is 27.2. The summed E-state index contributed by atoms with van der Waals surface area (Å²) < 4.78 is 4.60. The maximum Gasteiger partial charge on any atom is 0.339 e. The van der Waals surface area contributed by atoms with E-state index >= 15 is 0 Å². The van der Waals surface area contributed by atoms with Crippen LogP contribution < -0.4 is 5.32 Å². The van der Waals surface area contributed by atoms with Crippen molar-refractivity contribution in [2.45, 2.75) is 44.9 Å². The highest BCUT2D eigenvalue weighted by Crippen LogP contribution is 2.27. The number of ether oxygens (including phenoxy) is 1. The number of hydrogen-bond acceptors (Lipinski definition) is 4. The molecule has 0 spiro atoms. The molecule has 1 amide bonds. The lowest BCUT2D eigenvalue weighted by molar-refractivity contribution is -0.116. The highest BCUT2D eigenvalue weighted by Gasteiger charge is 2.15. The van der Waals surface area contributed by atoms with Gasteiger partial charge in [-0.3, -0.25) is 4.79 Å². The molecule has 0 saturated heterocycles. The molecule has 1 heterocycles. The van der Waals surface area contributed by atoms with Crippen molar-refractivity contribution in [3.63, 3.8) is 0 Å². The summed E-state index contributed by atoms with van der Waals surface area (Å²) in [7, 11) is 1.32. The molecule has 1 aliphatic rings. The van der Waals surface area contributed by atoms with Crippen LogP contribution in [0.15, 0.2) is 18.3 Å². The van der Waals surface area contributed by atoms with Crippen LogP contribution in [0.3, 0.4) is 0 Å². The summed E-state index contributed by atoms with van der Waals surface area (Å²) in [6.45, 7) is 0. The number of rotatable bonds is 5. The van der Waals surface area contributed by atoms with Crippen LogP contribution in [0.2, 0.25) is 0 Å². The Kier molecular flexibility index (Phi) is 5.72. The van der Waals surface area contributed by atoms with Gasteiger partial charge in [0.15, 0.2) is 0 Å². The van der Waals surface area contributed by atoms with E-state index in [4.69, 9.17) is 0 Å². The van der Waals surface area contributed by atoms with E-state index < -0.39 is 5.97 Å². The van der Waals surface area contributed by atoms with Gasteiger partial charge in [-0.2, -0.15) is 0 Å². The Hall–Kier alpha value is -1.91. The lowest BCUT2D eigenvalue weighted by Crippen LogP contribution is -2.15. The first-order chi connectivity index (χ1) is 10.2. The van der Waals surface area contributed by atoms with Crippen molar-refractivity contribution in [2.24, 2.45) is 5.92 Å². The topological polar surface area (TPSA) is 68.3 Å². The third-order valence-electron chi connectivity index (χ3n) is 3.96. The Morgan fingerprint density at radius 3 is 2.67 bits per heavy atom. The van der Waals surface area contributed by atoms with Gasteiger partial charge >= 0.3 is 5.97 Å². The fourth-order valence-corrected chi connectivity index (χ4v) is 2.72. The first kappa shape index (κ1) is 15.5. The number of amides is 1. The molecule has 1 fully saturated rings.